The Morgan fingerprint density at radius 1 is 1.05 bits per heavy atom. The lowest BCUT2D eigenvalue weighted by Crippen LogP contribution is -2.36. The Labute approximate surface area is 253 Å². The number of thiazole rings is 1. The van der Waals surface area contributed by atoms with Crippen LogP contribution in [0.4, 0.5) is 29.3 Å². The monoisotopic (exact) mass is 652 g/mol. The molecule has 2 aliphatic rings. The van der Waals surface area contributed by atoms with E-state index in [9.17, 15) is 36.2 Å². The number of aromatic nitrogens is 4. The highest BCUT2D eigenvalue weighted by Gasteiger charge is 2.44. The van der Waals surface area contributed by atoms with Crippen molar-refractivity contribution in [2.75, 3.05) is 22.9 Å². The molecule has 2 aliphatic carbocycles. The number of hydrogen-bond acceptors (Lipinski definition) is 11. The van der Waals surface area contributed by atoms with Crippen molar-refractivity contribution in [3.05, 3.63) is 53.7 Å². The Bertz CT molecular complexity index is 1800. The van der Waals surface area contributed by atoms with Crippen LogP contribution in [0, 0.1) is 18.7 Å². The molecule has 4 N–H and O–H groups in total. The number of benzene rings is 1. The van der Waals surface area contributed by atoms with E-state index in [4.69, 9.17) is 4.98 Å². The van der Waals surface area contributed by atoms with Gasteiger partial charge in [-0.25, -0.2) is 22.8 Å². The smallest absolute Gasteiger partial charge is 0.390 e. The average Bonchev–Trinajstić information content (AvgIpc) is 3.66. The van der Waals surface area contributed by atoms with Gasteiger partial charge in [0.15, 0.2) is 9.84 Å². The first kappa shape index (κ1) is 30.6. The summed E-state index contributed by atoms with van der Waals surface area (Å²) in [6.07, 6.45) is -3.68. The van der Waals surface area contributed by atoms with Crippen LogP contribution in [-0.2, 0) is 9.84 Å². The molecule has 4 atom stereocenters. The van der Waals surface area contributed by atoms with Crippen molar-refractivity contribution in [2.45, 2.75) is 61.4 Å². The maximum absolute atomic E-state index is 13.3. The van der Waals surface area contributed by atoms with E-state index in [0.717, 1.165) is 53.0 Å². The molecule has 16 heteroatoms. The minimum atomic E-state index is -4.53. The number of nitrogens with one attached hydrogen (secondary N) is 2. The molecule has 0 amide bonds. The van der Waals surface area contributed by atoms with E-state index in [1.807, 2.05) is 6.07 Å². The number of rotatable bonds is 9. The Morgan fingerprint density at radius 2 is 1.77 bits per heavy atom. The summed E-state index contributed by atoms with van der Waals surface area (Å²) in [4.78, 5) is 17.7. The molecule has 0 unspecified atom stereocenters. The van der Waals surface area contributed by atoms with Crippen molar-refractivity contribution in [1.29, 1.82) is 0 Å². The summed E-state index contributed by atoms with van der Waals surface area (Å²) in [6, 6.07) is 5.21. The summed E-state index contributed by atoms with van der Waals surface area (Å²) in [7, 11) is -3.94. The number of aliphatic hydroxyl groups excluding tert-OH is 2. The number of anilines is 2. The molecule has 0 radical (unpaired) electrons. The van der Waals surface area contributed by atoms with Crippen LogP contribution in [0.1, 0.15) is 36.6 Å². The number of hydrogen-bond donors (Lipinski definition) is 4. The second-order valence-electron chi connectivity index (χ2n) is 11.1. The van der Waals surface area contributed by atoms with Gasteiger partial charge in [-0.15, -0.1) is 11.3 Å². The Morgan fingerprint density at radius 3 is 2.45 bits per heavy atom. The molecule has 44 heavy (non-hydrogen) atoms. The van der Waals surface area contributed by atoms with E-state index < -0.39 is 58.3 Å². The van der Waals surface area contributed by atoms with Gasteiger partial charge in [0, 0.05) is 18.0 Å². The maximum Gasteiger partial charge on any atom is 0.405 e. The molecule has 0 saturated heterocycles. The second-order valence-corrected chi connectivity index (χ2v) is 14.2. The molecule has 0 spiro atoms. The normalized spacial score (nSPS) is 22.4. The molecular formula is C28H28F4N6O4S2. The number of pyridine rings is 1. The second kappa shape index (κ2) is 11.5. The highest BCUT2D eigenvalue weighted by atomic mass is 32.2. The molecule has 3 aromatic heterocycles. The van der Waals surface area contributed by atoms with Gasteiger partial charge in [-0.1, -0.05) is 0 Å². The van der Waals surface area contributed by atoms with Crippen molar-refractivity contribution in [1.82, 2.24) is 19.9 Å². The first-order valence-corrected chi connectivity index (χ1v) is 16.3. The van der Waals surface area contributed by atoms with E-state index in [2.05, 4.69) is 25.6 Å². The van der Waals surface area contributed by atoms with Crippen molar-refractivity contribution in [3.8, 4) is 10.6 Å². The first-order chi connectivity index (χ1) is 20.8. The van der Waals surface area contributed by atoms with Crippen LogP contribution in [-0.4, -0.2) is 75.3 Å². The van der Waals surface area contributed by atoms with Gasteiger partial charge in [0.25, 0.3) is 0 Å². The predicted molar refractivity (Wildman–Crippen MR) is 156 cm³/mol. The van der Waals surface area contributed by atoms with Crippen LogP contribution >= 0.6 is 11.3 Å². The van der Waals surface area contributed by atoms with Crippen molar-refractivity contribution in [2.24, 2.45) is 5.92 Å². The van der Waals surface area contributed by atoms with Gasteiger partial charge in [-0.2, -0.15) is 18.2 Å². The first-order valence-electron chi connectivity index (χ1n) is 13.8. The van der Waals surface area contributed by atoms with Crippen LogP contribution in [0.2, 0.25) is 0 Å². The predicted octanol–water partition coefficient (Wildman–Crippen LogP) is 4.44. The fourth-order valence-corrected chi connectivity index (χ4v) is 8.17. The lowest BCUT2D eigenvalue weighted by atomic mass is 10.1. The summed E-state index contributed by atoms with van der Waals surface area (Å²) >= 11 is 1.34. The molecule has 1 aromatic carbocycles. The minimum absolute atomic E-state index is 0.00778. The number of fused-ring (bicyclic) bond motifs is 1. The molecule has 0 bridgehead atoms. The van der Waals surface area contributed by atoms with Crippen LogP contribution in [0.5, 0.6) is 0 Å². The van der Waals surface area contributed by atoms with Gasteiger partial charge in [0.05, 0.1) is 44.4 Å². The average molecular weight is 653 g/mol. The van der Waals surface area contributed by atoms with Crippen molar-refractivity contribution in [3.63, 3.8) is 0 Å². The lowest BCUT2D eigenvalue weighted by molar-refractivity contribution is -0.115. The van der Waals surface area contributed by atoms with Gasteiger partial charge >= 0.3 is 6.18 Å². The van der Waals surface area contributed by atoms with Crippen LogP contribution in [0.25, 0.3) is 20.8 Å². The zero-order valence-corrected chi connectivity index (χ0v) is 24.8. The summed E-state index contributed by atoms with van der Waals surface area (Å²) in [6.45, 7) is 0.224. The van der Waals surface area contributed by atoms with E-state index in [-0.39, 0.29) is 23.1 Å². The van der Waals surface area contributed by atoms with Crippen LogP contribution < -0.4 is 10.6 Å². The van der Waals surface area contributed by atoms with Crippen molar-refractivity contribution >= 4 is 43.2 Å². The van der Waals surface area contributed by atoms with Crippen molar-refractivity contribution < 1.29 is 36.2 Å². The minimum Gasteiger partial charge on any atom is -0.390 e. The molecule has 2 saturated carbocycles. The highest BCUT2D eigenvalue weighted by Crippen LogP contribution is 2.44. The van der Waals surface area contributed by atoms with Gasteiger partial charge in [0.2, 0.25) is 5.95 Å². The zero-order chi connectivity index (χ0) is 31.4. The standard InChI is InChI=1S/C28H28F4N6O4S2/c1-13-20(26-37-22-19(43-26)8-9-33-21(22)14-2-3-14)25(38-27(35-13)34-12-28(30,31)32)36-18-10-15(23(39)24(18)40)11-44(41,42)17-6-4-16(29)5-7-17/h4-9,14-15,18,23-24,39-40H,2-3,10-12H2,1H3,(H2,34,35,36,38)/t15-,18-,23-,24+/m1/s1. The summed E-state index contributed by atoms with van der Waals surface area (Å²) in [5.41, 5.74) is 2.31. The summed E-state index contributed by atoms with van der Waals surface area (Å²) in [5, 5.41) is 27.5. The molecule has 4 aromatic rings. The molecule has 3 heterocycles. The lowest BCUT2D eigenvalue weighted by Gasteiger charge is -2.21. The van der Waals surface area contributed by atoms with Crippen LogP contribution in [0.3, 0.4) is 0 Å². The van der Waals surface area contributed by atoms with E-state index in [1.54, 1.807) is 13.1 Å². The summed E-state index contributed by atoms with van der Waals surface area (Å²) in [5.74, 6) is -1.94. The number of alkyl halides is 3. The quantitative estimate of drug-likeness (QED) is 0.151. The molecule has 234 valence electrons. The number of nitrogens with zero attached hydrogens (tertiary/aromatic N) is 4. The third-order valence-corrected chi connectivity index (χ3v) is 10.7. The third-order valence-electron chi connectivity index (χ3n) is 7.78. The fourth-order valence-electron chi connectivity index (χ4n) is 5.46. The van der Waals surface area contributed by atoms with Gasteiger partial charge in [0.1, 0.15) is 34.8 Å². The maximum atomic E-state index is 13.3. The topological polar surface area (TPSA) is 150 Å². The largest absolute Gasteiger partial charge is 0.405 e. The number of halogens is 4. The molecule has 6 rings (SSSR count). The zero-order valence-electron chi connectivity index (χ0n) is 23.2. The van der Waals surface area contributed by atoms with E-state index in [0.29, 0.717) is 22.2 Å². The van der Waals surface area contributed by atoms with Gasteiger partial charge in [-0.05, 0) is 56.5 Å². The Kier molecular flexibility index (Phi) is 7.96. The summed E-state index contributed by atoms with van der Waals surface area (Å²) < 4.78 is 79.1. The third kappa shape index (κ3) is 6.34. The highest BCUT2D eigenvalue weighted by molar-refractivity contribution is 7.91. The molecule has 2 fully saturated rings. The molecular weight excluding hydrogens is 624 g/mol. The van der Waals surface area contributed by atoms with Gasteiger partial charge < -0.3 is 20.8 Å². The number of sulfone groups is 1. The van der Waals surface area contributed by atoms with E-state index in [1.165, 1.54) is 11.3 Å². The molecule has 0 aliphatic heterocycles. The van der Waals surface area contributed by atoms with E-state index >= 15 is 0 Å². The fraction of sp³-hybridized carbons (Fsp3) is 0.429. The number of aliphatic hydroxyl groups is 2. The van der Waals surface area contributed by atoms with Crippen LogP contribution in [0.15, 0.2) is 41.4 Å². The SMILES string of the molecule is Cc1nc(NCC(F)(F)F)nc(N[C@@H]2C[C@H](CS(=O)(=O)c3ccc(F)cc3)[C@@H](O)[C@H]2O)c1-c1nc2c(C3CC3)nccc2s1. The Hall–Kier alpha value is -3.47. The number of aryl methyl sites for hydroxylation is 1. The van der Waals surface area contributed by atoms with Gasteiger partial charge in [-0.3, -0.25) is 4.98 Å². The molecule has 10 nitrogen and oxygen atoms in total. The Balaban J connectivity index is 1.32.